The second-order valence-electron chi connectivity index (χ2n) is 5.18. The minimum absolute atomic E-state index is 0.0687. The largest absolute Gasteiger partial charge is 0.352 e. The normalized spacial score (nSPS) is 19.5. The predicted octanol–water partition coefficient (Wildman–Crippen LogP) is -0.119. The Morgan fingerprint density at radius 2 is 2.24 bits per heavy atom. The summed E-state index contributed by atoms with van der Waals surface area (Å²) in [5.74, 6) is 0.844. The fourth-order valence-electron chi connectivity index (χ4n) is 2.80. The van der Waals surface area contributed by atoms with Crippen molar-refractivity contribution in [2.45, 2.75) is 18.9 Å². The maximum absolute atomic E-state index is 11.8. The van der Waals surface area contributed by atoms with Crippen LogP contribution in [0.15, 0.2) is 12.5 Å². The van der Waals surface area contributed by atoms with E-state index in [9.17, 15) is 8.42 Å². The molecule has 0 radical (unpaired) electrons. The monoisotopic (exact) mass is 310 g/mol. The lowest BCUT2D eigenvalue weighted by atomic mass is 10.2. The van der Waals surface area contributed by atoms with E-state index in [4.69, 9.17) is 0 Å². The number of nitrogens with zero attached hydrogens (tertiary/aromatic N) is 5. The van der Waals surface area contributed by atoms with Gasteiger partial charge in [0.25, 0.3) is 0 Å². The molecule has 2 aromatic rings. The summed E-state index contributed by atoms with van der Waals surface area (Å²) >= 11 is 0. The van der Waals surface area contributed by atoms with Gasteiger partial charge < -0.3 is 4.90 Å². The third kappa shape index (κ3) is 2.58. The van der Waals surface area contributed by atoms with Crippen LogP contribution in [-0.2, 0) is 17.1 Å². The number of rotatable bonds is 4. The van der Waals surface area contributed by atoms with Crippen LogP contribution in [0.3, 0.4) is 0 Å². The molecule has 9 heteroatoms. The maximum Gasteiger partial charge on any atom is 0.213 e. The smallest absolute Gasteiger partial charge is 0.213 e. The van der Waals surface area contributed by atoms with Crippen LogP contribution in [0.4, 0.5) is 5.82 Å². The molecule has 1 aliphatic heterocycles. The van der Waals surface area contributed by atoms with Crippen LogP contribution in [0.25, 0.3) is 11.0 Å². The molecule has 1 unspecified atom stereocenters. The van der Waals surface area contributed by atoms with Crippen molar-refractivity contribution in [2.75, 3.05) is 24.2 Å². The van der Waals surface area contributed by atoms with Gasteiger partial charge in [-0.1, -0.05) is 0 Å². The lowest BCUT2D eigenvalue weighted by molar-refractivity contribution is 0.577. The molecular formula is C12H18N6O2S. The quantitative estimate of drug-likeness (QED) is 0.846. The highest BCUT2D eigenvalue weighted by Crippen LogP contribution is 2.29. The van der Waals surface area contributed by atoms with Gasteiger partial charge in [-0.3, -0.25) is 4.68 Å². The van der Waals surface area contributed by atoms with E-state index >= 15 is 0 Å². The van der Waals surface area contributed by atoms with E-state index in [1.54, 1.807) is 10.9 Å². The van der Waals surface area contributed by atoms with Gasteiger partial charge in [-0.25, -0.2) is 23.1 Å². The van der Waals surface area contributed by atoms with Crippen LogP contribution in [0, 0.1) is 0 Å². The van der Waals surface area contributed by atoms with E-state index in [1.165, 1.54) is 13.4 Å². The molecule has 1 saturated heterocycles. The topological polar surface area (TPSA) is 93.0 Å². The molecule has 114 valence electrons. The Bertz CT molecular complexity index is 756. The van der Waals surface area contributed by atoms with E-state index in [1.807, 2.05) is 7.05 Å². The summed E-state index contributed by atoms with van der Waals surface area (Å²) < 4.78 is 27.7. The maximum atomic E-state index is 11.8. The molecule has 0 amide bonds. The van der Waals surface area contributed by atoms with Gasteiger partial charge in [0.1, 0.15) is 12.1 Å². The molecule has 0 saturated carbocycles. The third-order valence-corrected chi connectivity index (χ3v) is 5.33. The molecule has 3 rings (SSSR count). The number of fused-ring (bicyclic) bond motifs is 1. The van der Waals surface area contributed by atoms with E-state index in [-0.39, 0.29) is 11.8 Å². The second-order valence-corrected chi connectivity index (χ2v) is 7.15. The molecule has 1 atom stereocenters. The first-order chi connectivity index (χ1) is 10.0. The molecule has 1 N–H and O–H groups in total. The molecular weight excluding hydrogens is 292 g/mol. The van der Waals surface area contributed by atoms with Crippen molar-refractivity contribution in [3.05, 3.63) is 12.5 Å². The van der Waals surface area contributed by atoms with Gasteiger partial charge in [0.15, 0.2) is 5.65 Å². The highest BCUT2D eigenvalue weighted by atomic mass is 32.2. The Balaban J connectivity index is 1.97. The second kappa shape index (κ2) is 5.23. The Hall–Kier alpha value is -1.74. The van der Waals surface area contributed by atoms with Crippen LogP contribution in [0.5, 0.6) is 0 Å². The Morgan fingerprint density at radius 3 is 3.00 bits per heavy atom. The fourth-order valence-corrected chi connectivity index (χ4v) is 3.82. The van der Waals surface area contributed by atoms with Crippen molar-refractivity contribution in [3.8, 4) is 0 Å². The number of hydrogen-bond donors (Lipinski definition) is 1. The minimum Gasteiger partial charge on any atom is -0.352 e. The van der Waals surface area contributed by atoms with Crippen molar-refractivity contribution in [1.29, 1.82) is 0 Å². The third-order valence-electron chi connectivity index (χ3n) is 3.88. The number of aryl methyl sites for hydroxylation is 1. The van der Waals surface area contributed by atoms with Gasteiger partial charge in [-0.15, -0.1) is 0 Å². The molecule has 1 fully saturated rings. The average molecular weight is 310 g/mol. The summed E-state index contributed by atoms with van der Waals surface area (Å²) in [4.78, 5) is 10.6. The van der Waals surface area contributed by atoms with Gasteiger partial charge in [0.05, 0.1) is 17.3 Å². The Kier molecular flexibility index (Phi) is 3.54. The van der Waals surface area contributed by atoms with Crippen molar-refractivity contribution >= 4 is 26.9 Å². The molecule has 2 aromatic heterocycles. The van der Waals surface area contributed by atoms with Crippen LogP contribution in [0.1, 0.15) is 12.8 Å². The molecule has 0 aliphatic carbocycles. The van der Waals surface area contributed by atoms with E-state index < -0.39 is 10.0 Å². The predicted molar refractivity (Wildman–Crippen MR) is 79.5 cm³/mol. The summed E-state index contributed by atoms with van der Waals surface area (Å²) in [6.45, 7) is 0.797. The Morgan fingerprint density at radius 1 is 1.43 bits per heavy atom. The average Bonchev–Trinajstić information content (AvgIpc) is 3.06. The van der Waals surface area contributed by atoms with Crippen LogP contribution < -0.4 is 9.62 Å². The number of hydrogen-bond acceptors (Lipinski definition) is 6. The van der Waals surface area contributed by atoms with E-state index in [2.05, 4.69) is 24.7 Å². The standard InChI is InChI=1S/C12H18N6O2S/c1-13-21(19,20)7-9-4-3-5-18(9)12-10-6-16-17(2)11(10)14-8-15-12/h6,8-9,13H,3-5,7H2,1-2H3. The zero-order valence-electron chi connectivity index (χ0n) is 12.0. The van der Waals surface area contributed by atoms with Crippen molar-refractivity contribution in [1.82, 2.24) is 24.5 Å². The zero-order valence-corrected chi connectivity index (χ0v) is 12.8. The highest BCUT2D eigenvalue weighted by Gasteiger charge is 2.31. The lowest BCUT2D eigenvalue weighted by Gasteiger charge is -2.25. The van der Waals surface area contributed by atoms with Crippen molar-refractivity contribution < 1.29 is 8.42 Å². The highest BCUT2D eigenvalue weighted by molar-refractivity contribution is 7.89. The van der Waals surface area contributed by atoms with Gasteiger partial charge in [-0.05, 0) is 19.9 Å². The van der Waals surface area contributed by atoms with Crippen LogP contribution in [0.2, 0.25) is 0 Å². The van der Waals surface area contributed by atoms with E-state index in [0.29, 0.717) is 0 Å². The number of sulfonamides is 1. The van der Waals surface area contributed by atoms with Gasteiger partial charge >= 0.3 is 0 Å². The molecule has 0 aromatic carbocycles. The molecule has 1 aliphatic rings. The number of nitrogens with one attached hydrogen (secondary N) is 1. The van der Waals surface area contributed by atoms with Crippen molar-refractivity contribution in [3.63, 3.8) is 0 Å². The molecule has 3 heterocycles. The summed E-state index contributed by atoms with van der Waals surface area (Å²) in [6.07, 6.45) is 5.02. The summed E-state index contributed by atoms with van der Waals surface area (Å²) in [5.41, 5.74) is 0.752. The zero-order chi connectivity index (χ0) is 15.0. The first kappa shape index (κ1) is 14.2. The molecule has 0 bridgehead atoms. The SMILES string of the molecule is CNS(=O)(=O)CC1CCCN1c1ncnc2c1cnn2C. The van der Waals surface area contributed by atoms with Gasteiger partial charge in [0.2, 0.25) is 10.0 Å². The van der Waals surface area contributed by atoms with Gasteiger partial charge in [-0.2, -0.15) is 5.10 Å². The summed E-state index contributed by atoms with van der Waals surface area (Å²) in [7, 11) is 0.0207. The number of aromatic nitrogens is 4. The lowest BCUT2D eigenvalue weighted by Crippen LogP contribution is -2.39. The first-order valence-electron chi connectivity index (χ1n) is 6.82. The fraction of sp³-hybridized carbons (Fsp3) is 0.583. The number of anilines is 1. The first-order valence-corrected chi connectivity index (χ1v) is 8.47. The molecule has 0 spiro atoms. The summed E-state index contributed by atoms with van der Waals surface area (Å²) in [5, 5.41) is 5.06. The molecule has 8 nitrogen and oxygen atoms in total. The molecule has 21 heavy (non-hydrogen) atoms. The van der Waals surface area contributed by atoms with Crippen molar-refractivity contribution in [2.24, 2.45) is 7.05 Å². The van der Waals surface area contributed by atoms with Crippen LogP contribution >= 0.6 is 0 Å². The Labute approximate surface area is 123 Å². The minimum atomic E-state index is -3.25. The van der Waals surface area contributed by atoms with Crippen LogP contribution in [-0.4, -0.2) is 53.6 Å². The summed E-state index contributed by atoms with van der Waals surface area (Å²) in [6, 6.07) is -0.0687. The van der Waals surface area contributed by atoms with E-state index in [0.717, 1.165) is 36.2 Å². The van der Waals surface area contributed by atoms with Gasteiger partial charge in [0, 0.05) is 19.6 Å².